The van der Waals surface area contributed by atoms with Gasteiger partial charge in [-0.3, -0.25) is 4.79 Å². The van der Waals surface area contributed by atoms with Crippen LogP contribution in [0.4, 0.5) is 0 Å². The minimum atomic E-state index is -0.451. The summed E-state index contributed by atoms with van der Waals surface area (Å²) in [7, 11) is 1.42. The fraction of sp³-hybridized carbons (Fsp3) is 0.321. The molecule has 0 aliphatic rings. The molecule has 0 saturated heterocycles. The van der Waals surface area contributed by atoms with Crippen LogP contribution in [0.3, 0.4) is 0 Å². The molecule has 0 heterocycles. The summed E-state index contributed by atoms with van der Waals surface area (Å²) in [6, 6.07) is 29.3. The van der Waals surface area contributed by atoms with Crippen LogP contribution in [0.15, 0.2) is 70.5 Å². The van der Waals surface area contributed by atoms with Crippen molar-refractivity contribution < 1.29 is 34.1 Å². The van der Waals surface area contributed by atoms with E-state index in [-0.39, 0.29) is 25.8 Å². The molecule has 0 N–H and O–H groups in total. The van der Waals surface area contributed by atoms with Crippen LogP contribution in [-0.4, -0.2) is 19.7 Å². The Morgan fingerprint density at radius 3 is 2.12 bits per heavy atom. The van der Waals surface area contributed by atoms with Gasteiger partial charge < -0.3 is 9.47 Å². The van der Waals surface area contributed by atoms with Crippen molar-refractivity contribution in [1.82, 2.24) is 0 Å². The van der Waals surface area contributed by atoms with Gasteiger partial charge in [0.05, 0.1) is 19.1 Å². The number of ether oxygens (including phenoxy) is 2. The summed E-state index contributed by atoms with van der Waals surface area (Å²) in [5, 5.41) is 0. The molecule has 0 atom stereocenters. The topological polar surface area (TPSA) is 35.5 Å². The predicted molar refractivity (Wildman–Crippen MR) is 130 cm³/mol. The third-order valence-corrected chi connectivity index (χ3v) is 5.72. The predicted octanol–water partition coefficient (Wildman–Crippen LogP) is 6.90. The van der Waals surface area contributed by atoms with Gasteiger partial charge in [0.15, 0.2) is 0 Å². The third kappa shape index (κ3) is 10.6. The number of rotatable bonds is 8. The van der Waals surface area contributed by atoms with E-state index < -0.39 is 5.41 Å². The first kappa shape index (κ1) is 28.9. The normalized spacial score (nSPS) is 10.3. The van der Waals surface area contributed by atoms with Gasteiger partial charge in [-0.2, -0.15) is 78.4 Å². The van der Waals surface area contributed by atoms with Crippen molar-refractivity contribution >= 4 is 17.7 Å². The maximum absolute atomic E-state index is 11.5. The number of hydrogen-bond donors (Lipinski definition) is 0. The Morgan fingerprint density at radius 1 is 1.00 bits per heavy atom. The van der Waals surface area contributed by atoms with Crippen molar-refractivity contribution in [3.8, 4) is 5.75 Å². The summed E-state index contributed by atoms with van der Waals surface area (Å²) in [4.78, 5) is 13.8. The monoisotopic (exact) mass is 639 g/mol. The SMILES string of the molecule is COC(=O)C(C)(C)CCCOc1cc(C)[c-]cc1C.[Os].[c-]1ccccc1Sc1[c-]cccc1. The van der Waals surface area contributed by atoms with Crippen molar-refractivity contribution in [3.05, 3.63) is 90.0 Å². The average Bonchev–Trinajstić information content (AvgIpc) is 2.80. The second-order valence-electron chi connectivity index (χ2n) is 8.05. The third-order valence-electron chi connectivity index (χ3n) is 4.78. The van der Waals surface area contributed by atoms with E-state index in [0.29, 0.717) is 6.61 Å². The number of benzene rings is 3. The molecule has 0 saturated carbocycles. The molecular formula is C28H31O3OsS-3. The molecule has 0 aliphatic carbocycles. The molecule has 0 fully saturated rings. The zero-order chi connectivity index (χ0) is 23.4. The smallest absolute Gasteiger partial charge is 0.311 e. The Bertz CT molecular complexity index is 922. The quantitative estimate of drug-likeness (QED) is 0.153. The van der Waals surface area contributed by atoms with Gasteiger partial charge in [-0.25, -0.2) is 0 Å². The largest absolute Gasteiger partial charge is 0.519 e. The minimum absolute atomic E-state index is 0. The van der Waals surface area contributed by atoms with Crippen molar-refractivity contribution in [3.63, 3.8) is 0 Å². The maximum Gasteiger partial charge on any atom is 0.311 e. The van der Waals surface area contributed by atoms with Crippen LogP contribution in [-0.2, 0) is 29.3 Å². The average molecular weight is 638 g/mol. The first-order valence-electron chi connectivity index (χ1n) is 10.6. The molecule has 5 heteroatoms. The number of aryl methyl sites for hydroxylation is 2. The van der Waals surface area contributed by atoms with Gasteiger partial charge in [0.2, 0.25) is 0 Å². The Hall–Kier alpha value is -2.08. The van der Waals surface area contributed by atoms with Crippen LogP contribution < -0.4 is 4.74 Å². The van der Waals surface area contributed by atoms with Crippen LogP contribution in [0, 0.1) is 37.5 Å². The fourth-order valence-electron chi connectivity index (χ4n) is 2.87. The number of esters is 1. The second kappa shape index (κ2) is 14.9. The van der Waals surface area contributed by atoms with Crippen molar-refractivity contribution in [2.24, 2.45) is 5.41 Å². The van der Waals surface area contributed by atoms with Gasteiger partial charge in [-0.05, 0) is 26.7 Å². The van der Waals surface area contributed by atoms with Crippen LogP contribution in [0.5, 0.6) is 5.75 Å². The van der Waals surface area contributed by atoms with E-state index in [2.05, 4.69) is 18.2 Å². The van der Waals surface area contributed by atoms with Crippen molar-refractivity contribution in [2.75, 3.05) is 13.7 Å². The molecule has 3 nitrogen and oxygen atoms in total. The molecule has 0 aliphatic heterocycles. The Morgan fingerprint density at radius 2 is 1.61 bits per heavy atom. The summed E-state index contributed by atoms with van der Waals surface area (Å²) in [5.41, 5.74) is 1.70. The Labute approximate surface area is 216 Å². The fourth-order valence-corrected chi connectivity index (χ4v) is 3.66. The molecule has 0 amide bonds. The zero-order valence-electron chi connectivity index (χ0n) is 19.9. The van der Waals surface area contributed by atoms with E-state index in [1.165, 1.54) is 7.11 Å². The van der Waals surface area contributed by atoms with E-state index in [4.69, 9.17) is 9.47 Å². The molecule has 3 aromatic carbocycles. The summed E-state index contributed by atoms with van der Waals surface area (Å²) < 4.78 is 10.5. The summed E-state index contributed by atoms with van der Waals surface area (Å²) >= 11 is 1.68. The summed E-state index contributed by atoms with van der Waals surface area (Å²) in [6.07, 6.45) is 1.57. The molecule has 3 aromatic rings. The van der Waals surface area contributed by atoms with Gasteiger partial charge in [-0.1, -0.05) is 13.8 Å². The van der Waals surface area contributed by atoms with Gasteiger partial charge in [-0.15, -0.1) is 33.2 Å². The number of hydrogen-bond acceptors (Lipinski definition) is 4. The molecule has 0 aromatic heterocycles. The zero-order valence-corrected chi connectivity index (χ0v) is 23.2. The number of methoxy groups -OCH3 is 1. The number of carbonyl (C=O) groups is 1. The molecular weight excluding hydrogens is 607 g/mol. The molecule has 0 spiro atoms. The van der Waals surface area contributed by atoms with Crippen LogP contribution in [0.1, 0.15) is 37.8 Å². The van der Waals surface area contributed by atoms with Crippen LogP contribution in [0.25, 0.3) is 0 Å². The summed E-state index contributed by atoms with van der Waals surface area (Å²) in [5.74, 6) is 0.723. The van der Waals surface area contributed by atoms with E-state index in [0.717, 1.165) is 39.5 Å². The van der Waals surface area contributed by atoms with E-state index in [1.54, 1.807) is 11.8 Å². The molecule has 0 radical (unpaired) electrons. The first-order chi connectivity index (χ1) is 15.3. The Balaban J connectivity index is 0.000000339. The standard InChI is InChI=1S/C16H23O3.C12H8S.Os/c1-12-7-8-13(2)14(11-12)19-10-6-9-16(3,4)15(17)18-5;1-3-7-11(8-4-1)13-12-9-5-2-6-10-12;/h8,11H,6,9-10H2,1-5H3;1-7,9H;/q-1;-2;. The van der Waals surface area contributed by atoms with Gasteiger partial charge in [0.1, 0.15) is 0 Å². The molecule has 0 unspecified atom stereocenters. The van der Waals surface area contributed by atoms with Gasteiger partial charge in [0.25, 0.3) is 0 Å². The molecule has 33 heavy (non-hydrogen) atoms. The first-order valence-corrected chi connectivity index (χ1v) is 11.4. The van der Waals surface area contributed by atoms with Gasteiger partial charge >= 0.3 is 5.97 Å². The van der Waals surface area contributed by atoms with Crippen LogP contribution >= 0.6 is 11.8 Å². The van der Waals surface area contributed by atoms with E-state index >= 15 is 0 Å². The van der Waals surface area contributed by atoms with Crippen LogP contribution in [0.2, 0.25) is 0 Å². The van der Waals surface area contributed by atoms with Crippen molar-refractivity contribution in [2.45, 2.75) is 50.3 Å². The maximum atomic E-state index is 11.5. The summed E-state index contributed by atoms with van der Waals surface area (Å²) in [6.45, 7) is 8.39. The molecule has 178 valence electrons. The molecule has 3 rings (SSSR count). The van der Waals surface area contributed by atoms with E-state index in [1.807, 2.05) is 88.4 Å². The number of carbonyl (C=O) groups excluding carboxylic acids is 1. The minimum Gasteiger partial charge on any atom is -0.519 e. The van der Waals surface area contributed by atoms with Crippen molar-refractivity contribution in [1.29, 1.82) is 0 Å². The second-order valence-corrected chi connectivity index (χ2v) is 9.13. The van der Waals surface area contributed by atoms with E-state index in [9.17, 15) is 4.79 Å². The van der Waals surface area contributed by atoms with Gasteiger partial charge in [0, 0.05) is 25.5 Å². The Kier molecular flexibility index (Phi) is 13.1. The molecule has 0 bridgehead atoms.